The number of likely N-dealkylation sites (N-methyl/N-ethyl adjacent to an activating group) is 1. The predicted octanol–water partition coefficient (Wildman–Crippen LogP) is 2.80. The lowest BCUT2D eigenvalue weighted by molar-refractivity contribution is -0.120. The number of nitrogens with one attached hydrogen (secondary N) is 1. The Bertz CT molecular complexity index is 1420. The van der Waals surface area contributed by atoms with Crippen molar-refractivity contribution in [2.24, 2.45) is 0 Å². The minimum atomic E-state index is -0.914. The van der Waals surface area contributed by atoms with E-state index in [1.807, 2.05) is 25.1 Å². The van der Waals surface area contributed by atoms with Crippen LogP contribution in [0.2, 0.25) is 0 Å². The number of hydrogen-bond acceptors (Lipinski definition) is 6. The van der Waals surface area contributed by atoms with E-state index in [0.717, 1.165) is 23.2 Å². The third kappa shape index (κ3) is 5.32. The van der Waals surface area contributed by atoms with E-state index in [0.29, 0.717) is 36.3 Å². The van der Waals surface area contributed by atoms with E-state index in [1.165, 1.54) is 4.90 Å². The number of aliphatic hydroxyl groups is 1. The van der Waals surface area contributed by atoms with Gasteiger partial charge in [0.2, 0.25) is 0 Å². The van der Waals surface area contributed by atoms with Crippen LogP contribution in [0.5, 0.6) is 5.75 Å². The summed E-state index contributed by atoms with van der Waals surface area (Å²) < 4.78 is 5.89. The van der Waals surface area contributed by atoms with Crippen LogP contribution in [0, 0.1) is 18.8 Å². The van der Waals surface area contributed by atoms with E-state index in [4.69, 9.17) is 4.74 Å². The number of amides is 2. The number of nitrogens with zero attached hydrogens (tertiary/aromatic N) is 3. The van der Waals surface area contributed by atoms with Gasteiger partial charge in [0.1, 0.15) is 29.7 Å². The van der Waals surface area contributed by atoms with Crippen molar-refractivity contribution in [3.05, 3.63) is 82.9 Å². The number of aryl methyl sites for hydroxylation is 1. The summed E-state index contributed by atoms with van der Waals surface area (Å²) in [4.78, 5) is 36.3. The van der Waals surface area contributed by atoms with Crippen LogP contribution in [0.15, 0.2) is 54.9 Å². The van der Waals surface area contributed by atoms with Gasteiger partial charge in [-0.05, 0) is 80.1 Å². The first-order chi connectivity index (χ1) is 17.8. The number of ether oxygens (including phenoxy) is 1. The Hall–Kier alpha value is -4.22. The van der Waals surface area contributed by atoms with E-state index < -0.39 is 17.6 Å². The Labute approximate surface area is 215 Å². The Kier molecular flexibility index (Phi) is 6.64. The third-order valence-corrected chi connectivity index (χ3v) is 6.85. The Morgan fingerprint density at radius 1 is 1.22 bits per heavy atom. The Balaban J connectivity index is 1.29. The van der Waals surface area contributed by atoms with Gasteiger partial charge in [-0.2, -0.15) is 0 Å². The average molecular weight is 497 g/mol. The molecule has 0 bridgehead atoms. The second kappa shape index (κ2) is 10.0. The van der Waals surface area contributed by atoms with Crippen molar-refractivity contribution in [3.8, 4) is 17.6 Å². The summed E-state index contributed by atoms with van der Waals surface area (Å²) in [6, 6.07) is 11.9. The summed E-state index contributed by atoms with van der Waals surface area (Å²) in [5.74, 6) is 5.70. The highest BCUT2D eigenvalue weighted by molar-refractivity contribution is 6.03. The van der Waals surface area contributed by atoms with Gasteiger partial charge in [0.25, 0.3) is 11.8 Å². The highest BCUT2D eigenvalue weighted by Gasteiger charge is 2.33. The summed E-state index contributed by atoms with van der Waals surface area (Å²) in [6.45, 7) is 1.94. The van der Waals surface area contributed by atoms with Crippen LogP contribution < -0.4 is 15.0 Å². The Morgan fingerprint density at radius 2 is 2.05 bits per heavy atom. The van der Waals surface area contributed by atoms with Crippen LogP contribution in [0.4, 0.5) is 5.69 Å². The summed E-state index contributed by atoms with van der Waals surface area (Å²) in [7, 11) is 1.64. The molecule has 3 aromatic rings. The van der Waals surface area contributed by atoms with Crippen molar-refractivity contribution in [2.75, 3.05) is 18.6 Å². The van der Waals surface area contributed by atoms with Crippen LogP contribution in [0.3, 0.4) is 0 Å². The molecule has 5 rings (SSSR count). The van der Waals surface area contributed by atoms with Crippen LogP contribution in [-0.4, -0.2) is 52.2 Å². The largest absolute Gasteiger partial charge is 0.489 e. The monoisotopic (exact) mass is 496 g/mol. The maximum absolute atomic E-state index is 13.2. The maximum atomic E-state index is 13.2. The summed E-state index contributed by atoms with van der Waals surface area (Å²) in [6.07, 6.45) is 6.28. The van der Waals surface area contributed by atoms with Gasteiger partial charge < -0.3 is 20.1 Å². The van der Waals surface area contributed by atoms with Crippen LogP contribution >= 0.6 is 0 Å². The van der Waals surface area contributed by atoms with Gasteiger partial charge in [0.15, 0.2) is 0 Å². The van der Waals surface area contributed by atoms with Crippen molar-refractivity contribution >= 4 is 17.5 Å². The molecule has 37 heavy (non-hydrogen) atoms. The molecule has 1 saturated carbocycles. The molecule has 188 valence electrons. The van der Waals surface area contributed by atoms with E-state index >= 15 is 0 Å². The lowest BCUT2D eigenvalue weighted by Gasteiger charge is -2.30. The van der Waals surface area contributed by atoms with Gasteiger partial charge in [0.05, 0.1) is 5.69 Å². The fraction of sp³-hybridized carbons (Fsp3) is 0.310. The van der Waals surface area contributed by atoms with Gasteiger partial charge in [-0.1, -0.05) is 17.9 Å². The number of carbonyl (C=O) groups excluding carboxylic acids is 2. The second-order valence-electron chi connectivity index (χ2n) is 9.53. The number of anilines is 1. The molecule has 0 radical (unpaired) electrons. The lowest BCUT2D eigenvalue weighted by Crippen LogP contribution is -2.49. The molecule has 1 aliphatic carbocycles. The van der Waals surface area contributed by atoms with Gasteiger partial charge in [-0.25, -0.2) is 0 Å². The molecule has 3 heterocycles. The molecule has 8 heteroatoms. The summed E-state index contributed by atoms with van der Waals surface area (Å²) >= 11 is 0. The number of hydrogen-bond donors (Lipinski definition) is 2. The minimum absolute atomic E-state index is 0.0126. The zero-order valence-electron chi connectivity index (χ0n) is 20.8. The molecular formula is C29H28N4O4. The van der Waals surface area contributed by atoms with Crippen molar-refractivity contribution in [1.82, 2.24) is 15.3 Å². The second-order valence-corrected chi connectivity index (χ2v) is 9.53. The van der Waals surface area contributed by atoms with Gasteiger partial charge in [-0.3, -0.25) is 19.6 Å². The normalized spacial score (nSPS) is 17.9. The molecule has 2 aromatic heterocycles. The third-order valence-electron chi connectivity index (χ3n) is 6.85. The standard InChI is InChI=1S/C29H28N4O4/c1-19-22(5-3-13-30-19)15-21-9-14-31-23(16-21)27(34)32-24-18-37-26-7-6-20(8-12-29(36)10-4-11-29)17-25(26)33(2)28(24)35/h3,5-7,9,13-14,16-17,24,36H,4,10-11,15,18H2,1-2H3,(H,32,34). The molecule has 1 aliphatic heterocycles. The van der Waals surface area contributed by atoms with Gasteiger partial charge in [-0.15, -0.1) is 0 Å². The van der Waals surface area contributed by atoms with Crippen molar-refractivity contribution < 1.29 is 19.4 Å². The fourth-order valence-corrected chi connectivity index (χ4v) is 4.37. The number of carbonyl (C=O) groups is 2. The van der Waals surface area contributed by atoms with Gasteiger partial charge in [0, 0.05) is 30.7 Å². The molecule has 0 spiro atoms. The molecule has 8 nitrogen and oxygen atoms in total. The number of fused-ring (bicyclic) bond motifs is 1. The molecule has 1 atom stereocenters. The van der Waals surface area contributed by atoms with E-state index in [1.54, 1.807) is 43.7 Å². The van der Waals surface area contributed by atoms with Crippen molar-refractivity contribution in [3.63, 3.8) is 0 Å². The molecule has 2 N–H and O–H groups in total. The first-order valence-electron chi connectivity index (χ1n) is 12.3. The molecule has 0 saturated heterocycles. The maximum Gasteiger partial charge on any atom is 0.270 e. The van der Waals surface area contributed by atoms with E-state index in [2.05, 4.69) is 27.1 Å². The van der Waals surface area contributed by atoms with Crippen LogP contribution in [-0.2, 0) is 11.2 Å². The SMILES string of the molecule is Cc1ncccc1Cc1ccnc(C(=O)NC2COc3ccc(C#CC4(O)CCC4)cc3N(C)C2=O)c1. The van der Waals surface area contributed by atoms with Crippen LogP contribution in [0.25, 0.3) is 0 Å². The highest BCUT2D eigenvalue weighted by Crippen LogP contribution is 2.33. The zero-order valence-corrected chi connectivity index (χ0v) is 20.8. The quantitative estimate of drug-likeness (QED) is 0.539. The topological polar surface area (TPSA) is 105 Å². The first kappa shape index (κ1) is 24.5. The van der Waals surface area contributed by atoms with Gasteiger partial charge >= 0.3 is 0 Å². The molecular weight excluding hydrogens is 468 g/mol. The minimum Gasteiger partial charge on any atom is -0.489 e. The first-order valence-corrected chi connectivity index (χ1v) is 12.3. The van der Waals surface area contributed by atoms with Crippen molar-refractivity contribution in [1.29, 1.82) is 0 Å². The smallest absolute Gasteiger partial charge is 0.270 e. The lowest BCUT2D eigenvalue weighted by atomic mass is 9.81. The van der Waals surface area contributed by atoms with E-state index in [-0.39, 0.29) is 18.2 Å². The highest BCUT2D eigenvalue weighted by atomic mass is 16.5. The molecule has 1 unspecified atom stereocenters. The summed E-state index contributed by atoms with van der Waals surface area (Å²) in [5.41, 5.74) is 3.46. The van der Waals surface area contributed by atoms with Crippen molar-refractivity contribution in [2.45, 2.75) is 44.2 Å². The Morgan fingerprint density at radius 3 is 2.81 bits per heavy atom. The molecule has 2 aliphatic rings. The fourth-order valence-electron chi connectivity index (χ4n) is 4.37. The zero-order chi connectivity index (χ0) is 26.0. The average Bonchev–Trinajstić information content (AvgIpc) is 3.00. The summed E-state index contributed by atoms with van der Waals surface area (Å²) in [5, 5.41) is 13.0. The predicted molar refractivity (Wildman–Crippen MR) is 138 cm³/mol. The molecule has 2 amide bonds. The molecule has 1 fully saturated rings. The number of benzene rings is 1. The van der Waals surface area contributed by atoms with E-state index in [9.17, 15) is 14.7 Å². The number of pyridine rings is 2. The number of aromatic nitrogens is 2. The van der Waals surface area contributed by atoms with Crippen LogP contribution in [0.1, 0.15) is 52.1 Å². The number of rotatable bonds is 4. The molecule has 1 aromatic carbocycles.